The van der Waals surface area contributed by atoms with E-state index in [1.165, 1.54) is 0 Å². The molecule has 3 heteroatoms. The summed E-state index contributed by atoms with van der Waals surface area (Å²) in [4.78, 5) is 14.9. The van der Waals surface area contributed by atoms with E-state index in [-0.39, 0.29) is 5.78 Å². The molecule has 2 nitrogen and oxygen atoms in total. The van der Waals surface area contributed by atoms with E-state index in [1.54, 1.807) is 30.3 Å². The molecule has 0 aliphatic heterocycles. The quantitative estimate of drug-likeness (QED) is 0.773. The number of carbonyl (C=O) groups is 1. The van der Waals surface area contributed by atoms with Crippen LogP contribution in [-0.2, 0) is 0 Å². The summed E-state index contributed by atoms with van der Waals surface area (Å²) in [5.74, 6) is -0.0141. The molecule has 2 rings (SSSR count). The van der Waals surface area contributed by atoms with Crippen molar-refractivity contribution in [3.8, 4) is 0 Å². The van der Waals surface area contributed by atoms with Crippen LogP contribution in [0.25, 0.3) is 0 Å². The number of halogens is 1. The molecule has 0 aliphatic rings. The summed E-state index contributed by atoms with van der Waals surface area (Å²) in [5, 5.41) is 0.634. The molecule has 0 aliphatic carbocycles. The first-order valence-electron chi connectivity index (χ1n) is 4.63. The van der Waals surface area contributed by atoms with Crippen molar-refractivity contribution >= 4 is 17.4 Å². The van der Waals surface area contributed by atoms with Gasteiger partial charge in [-0.15, -0.1) is 0 Å². The summed E-state index contributed by atoms with van der Waals surface area (Å²) in [7, 11) is 0. The maximum Gasteiger partial charge on any atom is 0.209 e. The Bertz CT molecular complexity index is 485. The molecule has 0 saturated heterocycles. The van der Waals surface area contributed by atoms with Gasteiger partial charge in [-0.1, -0.05) is 11.6 Å². The van der Waals surface area contributed by atoms with Gasteiger partial charge in [0, 0.05) is 16.3 Å². The number of aryl methyl sites for hydroxylation is 1. The molecule has 0 spiro atoms. The number of aromatic nitrogens is 1. The van der Waals surface area contributed by atoms with Crippen molar-refractivity contribution in [2.24, 2.45) is 0 Å². The van der Waals surface area contributed by atoms with Crippen molar-refractivity contribution in [3.05, 3.63) is 58.4 Å². The van der Waals surface area contributed by atoms with Crippen molar-refractivity contribution in [2.45, 2.75) is 6.92 Å². The maximum atomic E-state index is 11.9. The van der Waals surface area contributed by atoms with Crippen molar-refractivity contribution in [1.82, 2.24) is 4.98 Å². The molecule has 0 radical (unpaired) electrons. The molecule has 0 saturated carbocycles. The Labute approximate surface area is 92.9 Å². The summed E-state index contributed by atoms with van der Waals surface area (Å²) in [6.07, 6.45) is 0. The van der Waals surface area contributed by atoms with Gasteiger partial charge < -0.3 is 4.98 Å². The fourth-order valence-electron chi connectivity index (χ4n) is 1.39. The molecule has 0 bridgehead atoms. The summed E-state index contributed by atoms with van der Waals surface area (Å²) >= 11 is 5.75. The molecule has 0 amide bonds. The second-order valence-corrected chi connectivity index (χ2v) is 3.83. The van der Waals surface area contributed by atoms with Crippen LogP contribution >= 0.6 is 11.6 Å². The highest BCUT2D eigenvalue weighted by Crippen LogP contribution is 2.13. The second kappa shape index (κ2) is 3.91. The Morgan fingerprint density at radius 1 is 1.13 bits per heavy atom. The predicted octanol–water partition coefficient (Wildman–Crippen LogP) is 3.21. The minimum atomic E-state index is -0.0141. The van der Waals surface area contributed by atoms with Gasteiger partial charge in [0.05, 0.1) is 5.69 Å². The molecule has 0 fully saturated rings. The number of H-pyrrole nitrogens is 1. The predicted molar refractivity (Wildman–Crippen MR) is 60.4 cm³/mol. The minimum absolute atomic E-state index is 0.0141. The highest BCUT2D eigenvalue weighted by atomic mass is 35.5. The van der Waals surface area contributed by atoms with Gasteiger partial charge in [0.25, 0.3) is 0 Å². The van der Waals surface area contributed by atoms with E-state index in [2.05, 4.69) is 4.98 Å². The van der Waals surface area contributed by atoms with Gasteiger partial charge in [-0.05, 0) is 43.3 Å². The van der Waals surface area contributed by atoms with Crippen molar-refractivity contribution in [3.63, 3.8) is 0 Å². The molecule has 15 heavy (non-hydrogen) atoms. The van der Waals surface area contributed by atoms with Crippen molar-refractivity contribution < 1.29 is 4.79 Å². The van der Waals surface area contributed by atoms with Gasteiger partial charge in [0.1, 0.15) is 0 Å². The van der Waals surface area contributed by atoms with E-state index in [0.29, 0.717) is 16.3 Å². The van der Waals surface area contributed by atoms with Crippen LogP contribution in [0.2, 0.25) is 5.02 Å². The zero-order valence-corrected chi connectivity index (χ0v) is 9.01. The van der Waals surface area contributed by atoms with Crippen LogP contribution in [-0.4, -0.2) is 10.8 Å². The topological polar surface area (TPSA) is 32.9 Å². The smallest absolute Gasteiger partial charge is 0.209 e. The summed E-state index contributed by atoms with van der Waals surface area (Å²) in [6.45, 7) is 1.92. The van der Waals surface area contributed by atoms with E-state index in [1.807, 2.05) is 13.0 Å². The summed E-state index contributed by atoms with van der Waals surface area (Å²) < 4.78 is 0. The number of aromatic amines is 1. The Hall–Kier alpha value is -1.54. The first-order chi connectivity index (χ1) is 7.16. The minimum Gasteiger partial charge on any atom is -0.356 e. The van der Waals surface area contributed by atoms with Gasteiger partial charge in [0.2, 0.25) is 5.78 Å². The van der Waals surface area contributed by atoms with Crippen LogP contribution in [0.1, 0.15) is 21.7 Å². The lowest BCUT2D eigenvalue weighted by Gasteiger charge is -1.98. The summed E-state index contributed by atoms with van der Waals surface area (Å²) in [6, 6.07) is 10.5. The van der Waals surface area contributed by atoms with Gasteiger partial charge >= 0.3 is 0 Å². The Morgan fingerprint density at radius 2 is 1.80 bits per heavy atom. The van der Waals surface area contributed by atoms with Gasteiger partial charge in [-0.25, -0.2) is 0 Å². The van der Waals surface area contributed by atoms with Gasteiger partial charge in [0.15, 0.2) is 0 Å². The van der Waals surface area contributed by atoms with Crippen LogP contribution in [0.4, 0.5) is 0 Å². The van der Waals surface area contributed by atoms with E-state index < -0.39 is 0 Å². The molecule has 1 aromatic heterocycles. The van der Waals surface area contributed by atoms with E-state index in [0.717, 1.165) is 5.69 Å². The van der Waals surface area contributed by atoms with Crippen LogP contribution in [0, 0.1) is 6.92 Å². The fourth-order valence-corrected chi connectivity index (χ4v) is 1.52. The van der Waals surface area contributed by atoms with Gasteiger partial charge in [-0.3, -0.25) is 4.79 Å². The number of nitrogens with one attached hydrogen (secondary N) is 1. The average Bonchev–Trinajstić information content (AvgIpc) is 2.65. The van der Waals surface area contributed by atoms with Crippen LogP contribution < -0.4 is 0 Å². The van der Waals surface area contributed by atoms with Crippen LogP contribution in [0.3, 0.4) is 0 Å². The Kier molecular flexibility index (Phi) is 2.60. The fraction of sp³-hybridized carbons (Fsp3) is 0.0833. The zero-order valence-electron chi connectivity index (χ0n) is 8.25. The summed E-state index contributed by atoms with van der Waals surface area (Å²) in [5.41, 5.74) is 2.23. The molecule has 1 N–H and O–H groups in total. The molecular weight excluding hydrogens is 210 g/mol. The standard InChI is InChI=1S/C12H10ClNO/c1-8-2-7-11(14-8)12(15)9-3-5-10(13)6-4-9/h2-7,14H,1H3. The molecule has 76 valence electrons. The lowest BCUT2D eigenvalue weighted by molar-refractivity contribution is 0.103. The number of hydrogen-bond donors (Lipinski definition) is 1. The van der Waals surface area contributed by atoms with Gasteiger partial charge in [-0.2, -0.15) is 0 Å². The third kappa shape index (κ3) is 2.10. The third-order valence-corrected chi connectivity index (χ3v) is 2.43. The largest absolute Gasteiger partial charge is 0.356 e. The van der Waals surface area contributed by atoms with E-state index in [9.17, 15) is 4.79 Å². The molecule has 2 aromatic rings. The SMILES string of the molecule is Cc1ccc(C(=O)c2ccc(Cl)cc2)[nH]1. The first kappa shape index (κ1) is 9.99. The number of rotatable bonds is 2. The zero-order chi connectivity index (χ0) is 10.8. The van der Waals surface area contributed by atoms with Crippen LogP contribution in [0.15, 0.2) is 36.4 Å². The third-order valence-electron chi connectivity index (χ3n) is 2.18. The van der Waals surface area contributed by atoms with Crippen LogP contribution in [0.5, 0.6) is 0 Å². The Morgan fingerprint density at radius 3 is 2.33 bits per heavy atom. The number of hydrogen-bond acceptors (Lipinski definition) is 1. The molecule has 1 aromatic carbocycles. The Balaban J connectivity index is 2.32. The first-order valence-corrected chi connectivity index (χ1v) is 5.00. The van der Waals surface area contributed by atoms with E-state index >= 15 is 0 Å². The molecule has 0 atom stereocenters. The van der Waals surface area contributed by atoms with Crippen molar-refractivity contribution in [2.75, 3.05) is 0 Å². The monoisotopic (exact) mass is 219 g/mol. The highest BCUT2D eigenvalue weighted by Gasteiger charge is 2.09. The molecule has 1 heterocycles. The lowest BCUT2D eigenvalue weighted by atomic mass is 10.1. The average molecular weight is 220 g/mol. The molecule has 0 unspecified atom stereocenters. The second-order valence-electron chi connectivity index (χ2n) is 3.39. The highest BCUT2D eigenvalue weighted by molar-refractivity contribution is 6.30. The van der Waals surface area contributed by atoms with E-state index in [4.69, 9.17) is 11.6 Å². The molecular formula is C12H10ClNO. The van der Waals surface area contributed by atoms with Crippen molar-refractivity contribution in [1.29, 1.82) is 0 Å². The number of benzene rings is 1. The lowest BCUT2D eigenvalue weighted by Crippen LogP contribution is -2.01. The number of carbonyl (C=O) groups excluding carboxylic acids is 1. The number of ketones is 1. The normalized spacial score (nSPS) is 10.3. The maximum absolute atomic E-state index is 11.9.